The first-order valence-corrected chi connectivity index (χ1v) is 6.32. The highest BCUT2D eigenvalue weighted by molar-refractivity contribution is 5.79. The van der Waals surface area contributed by atoms with Crippen LogP contribution in [0.25, 0.3) is 0 Å². The molecule has 5 nitrogen and oxygen atoms in total. The molecule has 1 N–H and O–H groups in total. The second-order valence-corrected chi connectivity index (χ2v) is 4.24. The number of hydrogen-bond acceptors (Lipinski definition) is 3. The molecule has 2 amide bonds. The van der Waals surface area contributed by atoms with E-state index in [0.717, 1.165) is 12.8 Å². The summed E-state index contributed by atoms with van der Waals surface area (Å²) in [5.41, 5.74) is 0. The maximum Gasteiger partial charge on any atom is 0.248 e. The van der Waals surface area contributed by atoms with E-state index in [1.54, 1.807) is 4.90 Å². The summed E-state index contributed by atoms with van der Waals surface area (Å²) in [6, 6.07) is 0. The SMILES string of the molecule is CCC(CC)C(=O)NCCN1CCOCC1=O. The molecule has 0 saturated carbocycles. The highest BCUT2D eigenvalue weighted by atomic mass is 16.5. The molecule has 0 aromatic heterocycles. The number of amides is 2. The highest BCUT2D eigenvalue weighted by Crippen LogP contribution is 2.06. The maximum absolute atomic E-state index is 11.7. The van der Waals surface area contributed by atoms with E-state index in [1.807, 2.05) is 13.8 Å². The largest absolute Gasteiger partial charge is 0.370 e. The minimum absolute atomic E-state index is 0.00744. The zero-order valence-electron chi connectivity index (χ0n) is 10.7. The third-order valence-electron chi connectivity index (χ3n) is 3.12. The molecule has 0 atom stereocenters. The van der Waals surface area contributed by atoms with Crippen molar-refractivity contribution in [3.63, 3.8) is 0 Å². The molecule has 1 saturated heterocycles. The van der Waals surface area contributed by atoms with E-state index in [2.05, 4.69) is 5.32 Å². The van der Waals surface area contributed by atoms with Crippen LogP contribution in [-0.2, 0) is 14.3 Å². The van der Waals surface area contributed by atoms with Gasteiger partial charge in [0.25, 0.3) is 0 Å². The molecule has 1 rings (SSSR count). The quantitative estimate of drug-likeness (QED) is 0.733. The smallest absolute Gasteiger partial charge is 0.248 e. The van der Waals surface area contributed by atoms with Crippen molar-refractivity contribution in [1.82, 2.24) is 10.2 Å². The fourth-order valence-corrected chi connectivity index (χ4v) is 1.90. The van der Waals surface area contributed by atoms with Gasteiger partial charge in [-0.05, 0) is 12.8 Å². The van der Waals surface area contributed by atoms with Gasteiger partial charge in [0.05, 0.1) is 6.61 Å². The number of rotatable bonds is 6. The molecular formula is C12H22N2O3. The second kappa shape index (κ2) is 7.27. The number of hydrogen-bond donors (Lipinski definition) is 1. The molecule has 98 valence electrons. The lowest BCUT2D eigenvalue weighted by Crippen LogP contribution is -2.45. The Morgan fingerprint density at radius 2 is 2.18 bits per heavy atom. The van der Waals surface area contributed by atoms with Crippen LogP contribution in [0.2, 0.25) is 0 Å². The van der Waals surface area contributed by atoms with Gasteiger partial charge in [-0.25, -0.2) is 0 Å². The third kappa shape index (κ3) is 4.34. The van der Waals surface area contributed by atoms with Crippen LogP contribution in [0.3, 0.4) is 0 Å². The third-order valence-corrected chi connectivity index (χ3v) is 3.12. The molecule has 0 aromatic carbocycles. The van der Waals surface area contributed by atoms with Crippen LogP contribution >= 0.6 is 0 Å². The number of nitrogens with zero attached hydrogens (tertiary/aromatic N) is 1. The van der Waals surface area contributed by atoms with Crippen LogP contribution in [-0.4, -0.2) is 49.6 Å². The Labute approximate surface area is 102 Å². The van der Waals surface area contributed by atoms with E-state index in [9.17, 15) is 9.59 Å². The van der Waals surface area contributed by atoms with Crippen molar-refractivity contribution in [3.8, 4) is 0 Å². The molecule has 0 aromatic rings. The van der Waals surface area contributed by atoms with Crippen molar-refractivity contribution < 1.29 is 14.3 Å². The molecule has 1 heterocycles. The number of ether oxygens (including phenoxy) is 1. The predicted octanol–water partition coefficient (Wildman–Crippen LogP) is 0.398. The van der Waals surface area contributed by atoms with Crippen molar-refractivity contribution in [1.29, 1.82) is 0 Å². The molecule has 1 fully saturated rings. The Hall–Kier alpha value is -1.10. The number of morpholine rings is 1. The van der Waals surface area contributed by atoms with E-state index in [-0.39, 0.29) is 24.3 Å². The van der Waals surface area contributed by atoms with E-state index in [1.165, 1.54) is 0 Å². The lowest BCUT2D eigenvalue weighted by molar-refractivity contribution is -0.142. The predicted molar refractivity (Wildman–Crippen MR) is 64.5 cm³/mol. The first-order valence-electron chi connectivity index (χ1n) is 6.32. The highest BCUT2D eigenvalue weighted by Gasteiger charge is 2.19. The van der Waals surface area contributed by atoms with E-state index in [4.69, 9.17) is 4.74 Å². The molecule has 5 heteroatoms. The first kappa shape index (κ1) is 14.0. The van der Waals surface area contributed by atoms with Gasteiger partial charge in [-0.2, -0.15) is 0 Å². The Bertz CT molecular complexity index is 264. The van der Waals surface area contributed by atoms with Crippen molar-refractivity contribution in [3.05, 3.63) is 0 Å². The van der Waals surface area contributed by atoms with E-state index < -0.39 is 0 Å². The Morgan fingerprint density at radius 3 is 2.76 bits per heavy atom. The van der Waals surface area contributed by atoms with Gasteiger partial charge in [0.15, 0.2) is 0 Å². The van der Waals surface area contributed by atoms with E-state index >= 15 is 0 Å². The number of nitrogens with one attached hydrogen (secondary N) is 1. The van der Waals surface area contributed by atoms with Gasteiger partial charge in [0.1, 0.15) is 6.61 Å². The Kier molecular flexibility index (Phi) is 5.97. The van der Waals surface area contributed by atoms with Crippen LogP contribution < -0.4 is 5.32 Å². The van der Waals surface area contributed by atoms with Crippen molar-refractivity contribution >= 4 is 11.8 Å². The fourth-order valence-electron chi connectivity index (χ4n) is 1.90. The zero-order valence-corrected chi connectivity index (χ0v) is 10.7. The molecule has 0 aliphatic carbocycles. The molecular weight excluding hydrogens is 220 g/mol. The summed E-state index contributed by atoms with van der Waals surface area (Å²) in [6.07, 6.45) is 1.72. The lowest BCUT2D eigenvalue weighted by Gasteiger charge is -2.27. The Morgan fingerprint density at radius 1 is 1.47 bits per heavy atom. The number of carbonyl (C=O) groups excluding carboxylic acids is 2. The molecule has 1 aliphatic rings. The zero-order chi connectivity index (χ0) is 12.7. The summed E-state index contributed by atoms with van der Waals surface area (Å²) in [6.45, 7) is 6.51. The summed E-state index contributed by atoms with van der Waals surface area (Å²) in [4.78, 5) is 24.8. The van der Waals surface area contributed by atoms with E-state index in [0.29, 0.717) is 26.2 Å². The standard InChI is InChI=1S/C12H22N2O3/c1-3-10(4-2)12(16)13-5-6-14-7-8-17-9-11(14)15/h10H,3-9H2,1-2H3,(H,13,16). The van der Waals surface area contributed by atoms with Gasteiger partial charge in [-0.3, -0.25) is 9.59 Å². The van der Waals surface area contributed by atoms with Crippen LogP contribution in [0.15, 0.2) is 0 Å². The van der Waals surface area contributed by atoms with Crippen LogP contribution in [0.1, 0.15) is 26.7 Å². The van der Waals surface area contributed by atoms with Crippen LogP contribution in [0.4, 0.5) is 0 Å². The van der Waals surface area contributed by atoms with Crippen molar-refractivity contribution in [2.75, 3.05) is 32.8 Å². The molecule has 17 heavy (non-hydrogen) atoms. The molecule has 1 aliphatic heterocycles. The fraction of sp³-hybridized carbons (Fsp3) is 0.833. The van der Waals surface area contributed by atoms with Crippen molar-refractivity contribution in [2.45, 2.75) is 26.7 Å². The maximum atomic E-state index is 11.7. The normalized spacial score (nSPS) is 16.4. The Balaban J connectivity index is 2.22. The topological polar surface area (TPSA) is 58.6 Å². The molecule has 0 unspecified atom stereocenters. The lowest BCUT2D eigenvalue weighted by atomic mass is 10.0. The number of carbonyl (C=O) groups is 2. The molecule has 0 bridgehead atoms. The second-order valence-electron chi connectivity index (χ2n) is 4.24. The summed E-state index contributed by atoms with van der Waals surface area (Å²) in [7, 11) is 0. The van der Waals surface area contributed by atoms with Crippen LogP contribution in [0, 0.1) is 5.92 Å². The minimum atomic E-state index is 0.00744. The summed E-state index contributed by atoms with van der Waals surface area (Å²) < 4.78 is 5.03. The molecule has 0 radical (unpaired) electrons. The van der Waals surface area contributed by atoms with Gasteiger partial charge >= 0.3 is 0 Å². The molecule has 0 spiro atoms. The van der Waals surface area contributed by atoms with Gasteiger partial charge in [-0.15, -0.1) is 0 Å². The first-order chi connectivity index (χ1) is 8.19. The average Bonchev–Trinajstić information content (AvgIpc) is 2.33. The summed E-state index contributed by atoms with van der Waals surface area (Å²) in [5.74, 6) is 0.194. The van der Waals surface area contributed by atoms with Gasteiger partial charge in [0.2, 0.25) is 11.8 Å². The van der Waals surface area contributed by atoms with Gasteiger partial charge in [-0.1, -0.05) is 13.8 Å². The summed E-state index contributed by atoms with van der Waals surface area (Å²) in [5, 5.41) is 2.88. The average molecular weight is 242 g/mol. The monoisotopic (exact) mass is 242 g/mol. The van der Waals surface area contributed by atoms with Gasteiger partial charge < -0.3 is 15.0 Å². The minimum Gasteiger partial charge on any atom is -0.370 e. The van der Waals surface area contributed by atoms with Gasteiger partial charge in [0, 0.05) is 25.6 Å². The van der Waals surface area contributed by atoms with Crippen molar-refractivity contribution in [2.24, 2.45) is 5.92 Å². The van der Waals surface area contributed by atoms with Crippen LogP contribution in [0.5, 0.6) is 0 Å². The summed E-state index contributed by atoms with van der Waals surface area (Å²) >= 11 is 0.